The number of amides is 1. The van der Waals surface area contributed by atoms with E-state index in [1.807, 2.05) is 30.3 Å². The molecule has 32 heavy (non-hydrogen) atoms. The second kappa shape index (κ2) is 9.27. The summed E-state index contributed by atoms with van der Waals surface area (Å²) in [5.41, 5.74) is -0.301. The molecule has 0 aliphatic heterocycles. The molecule has 4 aromatic rings. The Morgan fingerprint density at radius 1 is 1.00 bits per heavy atom. The van der Waals surface area contributed by atoms with E-state index in [-0.39, 0.29) is 16.9 Å². The first kappa shape index (κ1) is 21.6. The van der Waals surface area contributed by atoms with Crippen LogP contribution in [0.25, 0.3) is 15.9 Å². The van der Waals surface area contributed by atoms with E-state index in [1.165, 1.54) is 0 Å². The van der Waals surface area contributed by atoms with Crippen molar-refractivity contribution in [1.29, 1.82) is 0 Å². The van der Waals surface area contributed by atoms with E-state index in [2.05, 4.69) is 5.32 Å². The number of hydrogen-bond donors (Lipinski definition) is 1. The lowest BCUT2D eigenvalue weighted by Crippen LogP contribution is -2.41. The average Bonchev–Trinajstić information content (AvgIpc) is 3.25. The first-order valence-electron chi connectivity index (χ1n) is 9.94. The Hall–Kier alpha value is -3.59. The van der Waals surface area contributed by atoms with Crippen LogP contribution >= 0.6 is 11.3 Å². The first-order valence-corrected chi connectivity index (χ1v) is 10.8. The van der Waals surface area contributed by atoms with E-state index in [9.17, 15) is 23.2 Å². The second-order valence-corrected chi connectivity index (χ2v) is 8.13. The molecule has 0 aliphatic carbocycles. The van der Waals surface area contributed by atoms with Crippen molar-refractivity contribution < 1.29 is 13.6 Å². The van der Waals surface area contributed by atoms with Crippen molar-refractivity contribution in [3.8, 4) is 5.69 Å². The highest BCUT2D eigenvalue weighted by molar-refractivity contribution is 7.17. The van der Waals surface area contributed by atoms with Crippen LogP contribution in [0.4, 0.5) is 8.78 Å². The van der Waals surface area contributed by atoms with Crippen LogP contribution in [0.2, 0.25) is 0 Å². The molecule has 9 heteroatoms. The van der Waals surface area contributed by atoms with Gasteiger partial charge in [-0.2, -0.15) is 0 Å². The number of benzene rings is 2. The Bertz CT molecular complexity index is 1370. The molecule has 0 atom stereocenters. The van der Waals surface area contributed by atoms with Crippen molar-refractivity contribution in [3.05, 3.63) is 98.0 Å². The molecule has 164 valence electrons. The SMILES string of the molecule is O=C(Cn1c(=O)n(-c2cc(F)cc(F)c2)c(=O)c2sccc21)NCCCc1ccccc1. The van der Waals surface area contributed by atoms with Crippen LogP contribution in [0.1, 0.15) is 12.0 Å². The average molecular weight is 455 g/mol. The molecular weight excluding hydrogens is 436 g/mol. The summed E-state index contributed by atoms with van der Waals surface area (Å²) in [6.07, 6.45) is 1.52. The Morgan fingerprint density at radius 3 is 2.44 bits per heavy atom. The molecule has 2 heterocycles. The van der Waals surface area contributed by atoms with Crippen molar-refractivity contribution >= 4 is 27.5 Å². The molecule has 0 saturated heterocycles. The van der Waals surface area contributed by atoms with Gasteiger partial charge in [0.2, 0.25) is 5.91 Å². The lowest BCUT2D eigenvalue weighted by atomic mass is 10.1. The van der Waals surface area contributed by atoms with E-state index < -0.39 is 28.8 Å². The van der Waals surface area contributed by atoms with Gasteiger partial charge in [-0.15, -0.1) is 11.3 Å². The number of thiophene rings is 1. The van der Waals surface area contributed by atoms with Crippen molar-refractivity contribution in [2.24, 2.45) is 0 Å². The summed E-state index contributed by atoms with van der Waals surface area (Å²) in [6, 6.07) is 13.9. The summed E-state index contributed by atoms with van der Waals surface area (Å²) in [5, 5.41) is 4.40. The first-order chi connectivity index (χ1) is 15.4. The predicted molar refractivity (Wildman–Crippen MR) is 119 cm³/mol. The summed E-state index contributed by atoms with van der Waals surface area (Å²) >= 11 is 1.09. The molecule has 0 aliphatic rings. The topological polar surface area (TPSA) is 73.1 Å². The van der Waals surface area contributed by atoms with Gasteiger partial charge in [-0.25, -0.2) is 18.1 Å². The van der Waals surface area contributed by atoms with E-state index in [4.69, 9.17) is 0 Å². The quantitative estimate of drug-likeness (QED) is 0.435. The minimum absolute atomic E-state index is 0.214. The maximum absolute atomic E-state index is 13.7. The summed E-state index contributed by atoms with van der Waals surface area (Å²) in [6.45, 7) is 0.0967. The van der Waals surface area contributed by atoms with Gasteiger partial charge in [-0.1, -0.05) is 30.3 Å². The zero-order valence-electron chi connectivity index (χ0n) is 16.9. The number of nitrogens with zero attached hydrogens (tertiary/aromatic N) is 2. The highest BCUT2D eigenvalue weighted by Crippen LogP contribution is 2.17. The maximum atomic E-state index is 13.7. The van der Waals surface area contributed by atoms with Gasteiger partial charge >= 0.3 is 5.69 Å². The molecule has 2 aromatic carbocycles. The van der Waals surface area contributed by atoms with Crippen LogP contribution < -0.4 is 16.6 Å². The standard InChI is InChI=1S/C23H19F2N3O3S/c24-16-11-17(25)13-18(12-16)28-22(30)21-19(8-10-32-21)27(23(28)31)14-20(29)26-9-4-7-15-5-2-1-3-6-15/h1-3,5-6,8,10-13H,4,7,9,14H2,(H,26,29). The minimum atomic E-state index is -0.916. The molecule has 0 saturated carbocycles. The van der Waals surface area contributed by atoms with Gasteiger partial charge in [-0.3, -0.25) is 14.2 Å². The lowest BCUT2D eigenvalue weighted by Gasteiger charge is -2.13. The minimum Gasteiger partial charge on any atom is -0.355 e. The van der Waals surface area contributed by atoms with Crippen LogP contribution in [0.15, 0.2) is 69.6 Å². The summed E-state index contributed by atoms with van der Waals surface area (Å²) in [7, 11) is 0. The normalized spacial score (nSPS) is 11.1. The van der Waals surface area contributed by atoms with Crippen molar-refractivity contribution in [2.75, 3.05) is 6.54 Å². The largest absolute Gasteiger partial charge is 0.355 e. The molecule has 1 amide bonds. The molecule has 0 bridgehead atoms. The van der Waals surface area contributed by atoms with Gasteiger partial charge in [0.05, 0.1) is 11.2 Å². The second-order valence-electron chi connectivity index (χ2n) is 7.21. The predicted octanol–water partition coefficient (Wildman–Crippen LogP) is 3.24. The molecule has 2 aromatic heterocycles. The molecule has 4 rings (SSSR count). The van der Waals surface area contributed by atoms with E-state index in [0.717, 1.165) is 46.4 Å². The molecule has 0 spiro atoms. The van der Waals surface area contributed by atoms with E-state index in [1.54, 1.807) is 11.4 Å². The number of aromatic nitrogens is 2. The Labute approximate surface area is 185 Å². The highest BCUT2D eigenvalue weighted by atomic mass is 32.1. The van der Waals surface area contributed by atoms with Crippen LogP contribution in [0.3, 0.4) is 0 Å². The number of aryl methyl sites for hydroxylation is 1. The fraction of sp³-hybridized carbons (Fsp3) is 0.174. The van der Waals surface area contributed by atoms with Gasteiger partial charge in [-0.05, 0) is 42.0 Å². The molecular formula is C23H19F2N3O3S. The molecule has 6 nitrogen and oxygen atoms in total. The lowest BCUT2D eigenvalue weighted by molar-refractivity contribution is -0.121. The van der Waals surface area contributed by atoms with Crippen LogP contribution in [-0.2, 0) is 17.8 Å². The smallest absolute Gasteiger partial charge is 0.336 e. The fourth-order valence-corrected chi connectivity index (χ4v) is 4.32. The van der Waals surface area contributed by atoms with Gasteiger partial charge in [0.15, 0.2) is 0 Å². The summed E-state index contributed by atoms with van der Waals surface area (Å²) in [4.78, 5) is 38.4. The van der Waals surface area contributed by atoms with E-state index >= 15 is 0 Å². The summed E-state index contributed by atoms with van der Waals surface area (Å²) in [5.74, 6) is -2.23. The number of carbonyl (C=O) groups excluding carboxylic acids is 1. The number of rotatable bonds is 7. The number of carbonyl (C=O) groups is 1. The number of hydrogen-bond acceptors (Lipinski definition) is 4. The Balaban J connectivity index is 1.58. The molecule has 0 fully saturated rings. The third-order valence-electron chi connectivity index (χ3n) is 4.97. The Morgan fingerprint density at radius 2 is 1.72 bits per heavy atom. The van der Waals surface area contributed by atoms with Crippen LogP contribution in [0, 0.1) is 11.6 Å². The molecule has 0 radical (unpaired) electrons. The number of nitrogens with one attached hydrogen (secondary N) is 1. The number of halogens is 2. The third-order valence-corrected chi connectivity index (χ3v) is 5.86. The van der Waals surface area contributed by atoms with Gasteiger partial charge < -0.3 is 5.32 Å². The zero-order chi connectivity index (χ0) is 22.7. The van der Waals surface area contributed by atoms with Gasteiger partial charge in [0, 0.05) is 12.6 Å². The van der Waals surface area contributed by atoms with Crippen molar-refractivity contribution in [2.45, 2.75) is 19.4 Å². The van der Waals surface area contributed by atoms with Crippen molar-refractivity contribution in [3.63, 3.8) is 0 Å². The Kier molecular flexibility index (Phi) is 6.27. The zero-order valence-corrected chi connectivity index (χ0v) is 17.7. The van der Waals surface area contributed by atoms with E-state index in [0.29, 0.717) is 22.7 Å². The molecule has 1 N–H and O–H groups in total. The molecule has 0 unspecified atom stereocenters. The van der Waals surface area contributed by atoms with Crippen LogP contribution in [-0.4, -0.2) is 21.6 Å². The number of fused-ring (bicyclic) bond motifs is 1. The van der Waals surface area contributed by atoms with Gasteiger partial charge in [0.25, 0.3) is 5.56 Å². The third kappa shape index (κ3) is 4.52. The highest BCUT2D eigenvalue weighted by Gasteiger charge is 2.18. The monoisotopic (exact) mass is 455 g/mol. The maximum Gasteiger partial charge on any atom is 0.336 e. The van der Waals surface area contributed by atoms with Crippen LogP contribution in [0.5, 0.6) is 0 Å². The fourth-order valence-electron chi connectivity index (χ4n) is 3.50. The summed E-state index contributed by atoms with van der Waals surface area (Å²) < 4.78 is 29.5. The van der Waals surface area contributed by atoms with Gasteiger partial charge in [0.1, 0.15) is 22.9 Å². The van der Waals surface area contributed by atoms with Crippen molar-refractivity contribution in [1.82, 2.24) is 14.5 Å².